The van der Waals surface area contributed by atoms with Crippen molar-refractivity contribution in [3.63, 3.8) is 0 Å². The van der Waals surface area contributed by atoms with Crippen molar-refractivity contribution in [3.05, 3.63) is 35.9 Å². The Labute approximate surface area is 168 Å². The number of nitrogens with zero attached hydrogens (tertiary/aromatic N) is 2. The molecule has 0 spiro atoms. The van der Waals surface area contributed by atoms with Gasteiger partial charge in [-0.3, -0.25) is 9.59 Å². The van der Waals surface area contributed by atoms with Gasteiger partial charge in [0.05, 0.1) is 12.6 Å². The fourth-order valence-electron chi connectivity index (χ4n) is 5.07. The molecule has 3 unspecified atom stereocenters. The number of benzene rings is 1. The van der Waals surface area contributed by atoms with E-state index in [1.54, 1.807) is 0 Å². The molecule has 1 aliphatic carbocycles. The normalized spacial score (nSPS) is 29.1. The predicted molar refractivity (Wildman–Crippen MR) is 108 cm³/mol. The Morgan fingerprint density at radius 3 is 2.43 bits per heavy atom. The first-order valence-corrected chi connectivity index (χ1v) is 10.9. The lowest BCUT2D eigenvalue weighted by Crippen LogP contribution is -2.54. The van der Waals surface area contributed by atoms with Gasteiger partial charge < -0.3 is 14.5 Å². The second-order valence-corrected chi connectivity index (χ2v) is 8.61. The molecule has 28 heavy (non-hydrogen) atoms. The zero-order chi connectivity index (χ0) is 19.5. The summed E-state index contributed by atoms with van der Waals surface area (Å²) in [6, 6.07) is 9.83. The van der Waals surface area contributed by atoms with Crippen molar-refractivity contribution in [2.45, 2.75) is 70.1 Å². The Hall–Kier alpha value is -1.88. The highest BCUT2D eigenvalue weighted by molar-refractivity contribution is 5.89. The molecule has 2 amide bonds. The van der Waals surface area contributed by atoms with Crippen LogP contribution < -0.4 is 0 Å². The molecule has 1 aromatic carbocycles. The molecule has 3 aliphatic rings. The van der Waals surface area contributed by atoms with Crippen LogP contribution in [-0.2, 0) is 14.3 Å². The highest BCUT2D eigenvalue weighted by Gasteiger charge is 2.41. The zero-order valence-electron chi connectivity index (χ0n) is 16.9. The Kier molecular flexibility index (Phi) is 6.00. The van der Waals surface area contributed by atoms with Crippen LogP contribution in [0.15, 0.2) is 30.3 Å². The van der Waals surface area contributed by atoms with Crippen LogP contribution in [0.5, 0.6) is 0 Å². The molecular formula is C23H32N2O3. The second-order valence-electron chi connectivity index (χ2n) is 8.61. The maximum absolute atomic E-state index is 13.4. The van der Waals surface area contributed by atoms with Gasteiger partial charge in [0.1, 0.15) is 12.1 Å². The molecule has 2 aliphatic heterocycles. The topological polar surface area (TPSA) is 49.9 Å². The summed E-state index contributed by atoms with van der Waals surface area (Å²) >= 11 is 0. The fourth-order valence-corrected chi connectivity index (χ4v) is 5.07. The number of amides is 2. The van der Waals surface area contributed by atoms with Crippen molar-refractivity contribution < 1.29 is 14.3 Å². The number of carbonyl (C=O) groups excluding carboxylic acids is 2. The van der Waals surface area contributed by atoms with Crippen molar-refractivity contribution in [2.75, 3.05) is 19.6 Å². The van der Waals surface area contributed by atoms with Crippen LogP contribution in [0, 0.1) is 5.92 Å². The summed E-state index contributed by atoms with van der Waals surface area (Å²) in [5, 5.41) is 0. The minimum absolute atomic E-state index is 0.00759. The molecule has 152 valence electrons. The number of rotatable bonds is 3. The second kappa shape index (κ2) is 8.64. The lowest BCUT2D eigenvalue weighted by molar-refractivity contribution is -0.154. The van der Waals surface area contributed by atoms with Crippen molar-refractivity contribution in [3.8, 4) is 0 Å². The molecule has 0 aromatic heterocycles. The Morgan fingerprint density at radius 1 is 0.929 bits per heavy atom. The summed E-state index contributed by atoms with van der Waals surface area (Å²) < 4.78 is 6.11. The zero-order valence-corrected chi connectivity index (χ0v) is 16.9. The van der Waals surface area contributed by atoms with Gasteiger partial charge >= 0.3 is 0 Å². The minimum Gasteiger partial charge on any atom is -0.367 e. The maximum Gasteiger partial charge on any atom is 0.245 e. The summed E-state index contributed by atoms with van der Waals surface area (Å²) in [6.45, 7) is 3.92. The smallest absolute Gasteiger partial charge is 0.245 e. The number of carbonyl (C=O) groups is 2. The van der Waals surface area contributed by atoms with Crippen molar-refractivity contribution in [1.82, 2.24) is 9.80 Å². The van der Waals surface area contributed by atoms with Gasteiger partial charge in [-0.25, -0.2) is 0 Å². The third kappa shape index (κ3) is 4.09. The Morgan fingerprint density at radius 2 is 1.68 bits per heavy atom. The van der Waals surface area contributed by atoms with E-state index in [1.807, 2.05) is 34.9 Å². The Bertz CT molecular complexity index is 686. The molecule has 0 bridgehead atoms. The lowest BCUT2D eigenvalue weighted by Gasteiger charge is -2.39. The molecule has 3 fully saturated rings. The van der Waals surface area contributed by atoms with Crippen LogP contribution in [-0.4, -0.2) is 53.4 Å². The van der Waals surface area contributed by atoms with E-state index in [2.05, 4.69) is 12.1 Å². The van der Waals surface area contributed by atoms with Gasteiger partial charge in [-0.1, -0.05) is 49.6 Å². The van der Waals surface area contributed by atoms with Crippen molar-refractivity contribution >= 4 is 11.8 Å². The molecule has 5 heteroatoms. The third-order valence-corrected chi connectivity index (χ3v) is 6.52. The number of hydrogen-bond donors (Lipinski definition) is 0. The Balaban J connectivity index is 1.45. The van der Waals surface area contributed by atoms with Crippen LogP contribution in [0.4, 0.5) is 0 Å². The van der Waals surface area contributed by atoms with E-state index >= 15 is 0 Å². The first-order valence-electron chi connectivity index (χ1n) is 10.9. The predicted octanol–water partition coefficient (Wildman–Crippen LogP) is 3.55. The molecule has 1 saturated carbocycles. The van der Waals surface area contributed by atoms with Gasteiger partial charge in [0.25, 0.3) is 0 Å². The molecule has 3 atom stereocenters. The first-order chi connectivity index (χ1) is 13.6. The quantitative estimate of drug-likeness (QED) is 0.801. The molecule has 0 radical (unpaired) electrons. The molecule has 2 heterocycles. The average Bonchev–Trinajstić information content (AvgIpc) is 3.23. The van der Waals surface area contributed by atoms with Gasteiger partial charge in [0.2, 0.25) is 11.8 Å². The number of likely N-dealkylation sites (tertiary alicyclic amines) is 1. The molecular weight excluding hydrogens is 352 g/mol. The third-order valence-electron chi connectivity index (χ3n) is 6.52. The van der Waals surface area contributed by atoms with E-state index in [-0.39, 0.29) is 36.0 Å². The van der Waals surface area contributed by atoms with Crippen LogP contribution in [0.2, 0.25) is 0 Å². The molecule has 1 aromatic rings. The maximum atomic E-state index is 13.4. The standard InChI is InChI=1S/C23H32N2O3/c1-17-15-24(16-21(28-17)18-9-4-2-5-10-18)23(27)20-13-8-14-25(20)22(26)19-11-6-3-7-12-19/h2,4-5,9-10,17,19-21H,3,6-8,11-16H2,1H3. The largest absolute Gasteiger partial charge is 0.367 e. The summed E-state index contributed by atoms with van der Waals surface area (Å²) in [4.78, 5) is 30.3. The van der Waals surface area contributed by atoms with E-state index in [9.17, 15) is 9.59 Å². The molecule has 5 nitrogen and oxygen atoms in total. The summed E-state index contributed by atoms with van der Waals surface area (Å²) in [5.74, 6) is 0.456. The van der Waals surface area contributed by atoms with Gasteiger partial charge in [0, 0.05) is 19.0 Å². The average molecular weight is 385 g/mol. The van der Waals surface area contributed by atoms with Gasteiger partial charge in [-0.05, 0) is 38.2 Å². The monoisotopic (exact) mass is 384 g/mol. The van der Waals surface area contributed by atoms with E-state index in [1.165, 1.54) is 6.42 Å². The van der Waals surface area contributed by atoms with Gasteiger partial charge in [-0.2, -0.15) is 0 Å². The van der Waals surface area contributed by atoms with Crippen LogP contribution in [0.1, 0.15) is 63.5 Å². The summed E-state index contributed by atoms with van der Waals surface area (Å²) in [5.41, 5.74) is 1.11. The van der Waals surface area contributed by atoms with E-state index < -0.39 is 0 Å². The highest BCUT2D eigenvalue weighted by atomic mass is 16.5. The van der Waals surface area contributed by atoms with Crippen molar-refractivity contribution in [2.24, 2.45) is 5.92 Å². The van der Waals surface area contributed by atoms with Crippen LogP contribution in [0.25, 0.3) is 0 Å². The number of hydrogen-bond acceptors (Lipinski definition) is 3. The lowest BCUT2D eigenvalue weighted by atomic mass is 9.88. The van der Waals surface area contributed by atoms with Crippen LogP contribution >= 0.6 is 0 Å². The summed E-state index contributed by atoms with van der Waals surface area (Å²) in [6.07, 6.45) is 7.10. The van der Waals surface area contributed by atoms with Crippen molar-refractivity contribution in [1.29, 1.82) is 0 Å². The van der Waals surface area contributed by atoms with Gasteiger partial charge in [0.15, 0.2) is 0 Å². The fraction of sp³-hybridized carbons (Fsp3) is 0.652. The number of morpholine rings is 1. The molecule has 4 rings (SSSR count). The van der Waals surface area contributed by atoms with Gasteiger partial charge in [-0.15, -0.1) is 0 Å². The molecule has 2 saturated heterocycles. The van der Waals surface area contributed by atoms with E-state index in [4.69, 9.17) is 4.74 Å². The summed E-state index contributed by atoms with van der Waals surface area (Å²) in [7, 11) is 0. The minimum atomic E-state index is -0.281. The van der Waals surface area contributed by atoms with E-state index in [0.717, 1.165) is 50.6 Å². The highest BCUT2D eigenvalue weighted by Crippen LogP contribution is 2.31. The SMILES string of the molecule is CC1CN(C(=O)C2CCCN2C(=O)C2CCCCC2)CC(c2ccccc2)O1. The first kappa shape index (κ1) is 19.4. The van der Waals surface area contributed by atoms with E-state index in [0.29, 0.717) is 13.1 Å². The molecule has 0 N–H and O–H groups in total. The number of ether oxygens (including phenoxy) is 1. The van der Waals surface area contributed by atoms with Crippen LogP contribution in [0.3, 0.4) is 0 Å².